The van der Waals surface area contributed by atoms with E-state index in [0.29, 0.717) is 0 Å². The van der Waals surface area contributed by atoms with Gasteiger partial charge in [-0.1, -0.05) is 6.07 Å². The van der Waals surface area contributed by atoms with E-state index in [1.165, 1.54) is 27.8 Å². The van der Waals surface area contributed by atoms with Crippen LogP contribution < -0.4 is 11.3 Å². The molecule has 0 fully saturated rings. The smallest absolute Gasteiger partial charge is 0.151 e. The van der Waals surface area contributed by atoms with Crippen LogP contribution in [0.1, 0.15) is 22.3 Å². The Hall–Kier alpha value is -1.39. The molecule has 3 nitrogen and oxygen atoms in total. The molecule has 0 radical (unpaired) electrons. The van der Waals surface area contributed by atoms with E-state index in [1.807, 2.05) is 5.38 Å². The maximum atomic E-state index is 5.37. The molecular formula is C13H17N3S. The lowest BCUT2D eigenvalue weighted by Crippen LogP contribution is -2.06. The maximum absolute atomic E-state index is 5.37. The van der Waals surface area contributed by atoms with Crippen LogP contribution in [0.2, 0.25) is 0 Å². The number of nitrogens with zero attached hydrogens (tertiary/aromatic N) is 1. The van der Waals surface area contributed by atoms with Crippen LogP contribution in [0.4, 0.5) is 5.82 Å². The Morgan fingerprint density at radius 3 is 2.18 bits per heavy atom. The Morgan fingerprint density at radius 1 is 1.12 bits per heavy atom. The number of anilines is 1. The second-order valence-corrected chi connectivity index (χ2v) is 5.18. The monoisotopic (exact) mass is 247 g/mol. The first-order chi connectivity index (χ1) is 8.04. The first-order valence-electron chi connectivity index (χ1n) is 5.54. The van der Waals surface area contributed by atoms with Gasteiger partial charge in [0.2, 0.25) is 0 Å². The third-order valence-electron chi connectivity index (χ3n) is 3.23. The number of nitrogens with two attached hydrogens (primary N) is 1. The second kappa shape index (κ2) is 4.47. The molecule has 2 rings (SSSR count). The van der Waals surface area contributed by atoms with Gasteiger partial charge in [0.15, 0.2) is 5.82 Å². The fourth-order valence-corrected chi connectivity index (χ4v) is 2.91. The van der Waals surface area contributed by atoms with E-state index in [2.05, 4.69) is 44.2 Å². The summed E-state index contributed by atoms with van der Waals surface area (Å²) in [5.41, 5.74) is 9.04. The minimum atomic E-state index is 0.725. The molecule has 0 spiro atoms. The number of hydrogen-bond acceptors (Lipinski definition) is 4. The highest BCUT2D eigenvalue weighted by atomic mass is 32.1. The Morgan fingerprint density at radius 2 is 1.71 bits per heavy atom. The lowest BCUT2D eigenvalue weighted by molar-refractivity contribution is 1.22. The minimum absolute atomic E-state index is 0.725. The van der Waals surface area contributed by atoms with Gasteiger partial charge in [-0.15, -0.1) is 11.3 Å². The quantitative estimate of drug-likeness (QED) is 0.632. The Bertz CT molecular complexity index is 532. The van der Waals surface area contributed by atoms with Crippen molar-refractivity contribution >= 4 is 17.2 Å². The van der Waals surface area contributed by atoms with Crippen molar-refractivity contribution in [1.82, 2.24) is 4.98 Å². The van der Waals surface area contributed by atoms with Crippen LogP contribution in [0.5, 0.6) is 0 Å². The van der Waals surface area contributed by atoms with Gasteiger partial charge in [-0.25, -0.2) is 10.8 Å². The molecule has 4 heteroatoms. The van der Waals surface area contributed by atoms with Crippen molar-refractivity contribution < 1.29 is 0 Å². The maximum Gasteiger partial charge on any atom is 0.151 e. The molecular weight excluding hydrogens is 230 g/mol. The van der Waals surface area contributed by atoms with Crippen LogP contribution in [0.15, 0.2) is 11.4 Å². The summed E-state index contributed by atoms with van der Waals surface area (Å²) in [6.07, 6.45) is 0. The highest BCUT2D eigenvalue weighted by Gasteiger charge is 2.13. The van der Waals surface area contributed by atoms with E-state index in [4.69, 9.17) is 5.84 Å². The van der Waals surface area contributed by atoms with Crippen LogP contribution >= 0.6 is 11.3 Å². The van der Waals surface area contributed by atoms with E-state index >= 15 is 0 Å². The summed E-state index contributed by atoms with van der Waals surface area (Å²) in [5, 5.41) is 2.96. The van der Waals surface area contributed by atoms with Gasteiger partial charge in [0.05, 0.1) is 0 Å². The largest absolute Gasteiger partial charge is 0.308 e. The van der Waals surface area contributed by atoms with Crippen LogP contribution in [0.3, 0.4) is 0 Å². The van der Waals surface area contributed by atoms with Gasteiger partial charge in [0.1, 0.15) is 5.01 Å². The minimum Gasteiger partial charge on any atom is -0.308 e. The molecule has 0 aliphatic carbocycles. The van der Waals surface area contributed by atoms with Gasteiger partial charge in [-0.05, 0) is 49.9 Å². The SMILES string of the molecule is Cc1cc(C)c(C)c(-c2nc(NN)cs2)c1C. The molecule has 0 bridgehead atoms. The fourth-order valence-electron chi connectivity index (χ4n) is 1.99. The summed E-state index contributed by atoms with van der Waals surface area (Å²) < 4.78 is 0. The molecule has 3 N–H and O–H groups in total. The first-order valence-corrected chi connectivity index (χ1v) is 6.42. The average molecular weight is 247 g/mol. The number of benzene rings is 1. The van der Waals surface area contributed by atoms with Gasteiger partial charge in [0.25, 0.3) is 0 Å². The van der Waals surface area contributed by atoms with Gasteiger partial charge >= 0.3 is 0 Å². The predicted octanol–water partition coefficient (Wildman–Crippen LogP) is 3.33. The normalized spacial score (nSPS) is 10.6. The Balaban J connectivity index is 2.65. The second-order valence-electron chi connectivity index (χ2n) is 4.32. The van der Waals surface area contributed by atoms with Gasteiger partial charge in [-0.3, -0.25) is 0 Å². The van der Waals surface area contributed by atoms with E-state index < -0.39 is 0 Å². The topological polar surface area (TPSA) is 50.9 Å². The summed E-state index contributed by atoms with van der Waals surface area (Å²) in [5.74, 6) is 6.10. The first kappa shape index (κ1) is 12.1. The van der Waals surface area contributed by atoms with Gasteiger partial charge in [0, 0.05) is 10.9 Å². The molecule has 0 atom stereocenters. The Kier molecular flexibility index (Phi) is 3.17. The summed E-state index contributed by atoms with van der Waals surface area (Å²) in [6.45, 7) is 8.57. The van der Waals surface area contributed by atoms with Crippen molar-refractivity contribution in [3.8, 4) is 10.6 Å². The number of rotatable bonds is 2. The van der Waals surface area contributed by atoms with Crippen molar-refractivity contribution in [3.05, 3.63) is 33.7 Å². The Labute approximate surface area is 106 Å². The van der Waals surface area contributed by atoms with Crippen molar-refractivity contribution in [2.75, 3.05) is 5.43 Å². The standard InChI is InChI=1S/C13H17N3S/c1-7-5-8(2)10(4)12(9(7)3)13-15-11(16-14)6-17-13/h5-6,16H,14H2,1-4H3. The van der Waals surface area contributed by atoms with E-state index in [0.717, 1.165) is 10.8 Å². The lowest BCUT2D eigenvalue weighted by atomic mass is 9.95. The van der Waals surface area contributed by atoms with E-state index in [-0.39, 0.29) is 0 Å². The molecule has 1 aromatic carbocycles. The fraction of sp³-hybridized carbons (Fsp3) is 0.308. The van der Waals surface area contributed by atoms with Crippen molar-refractivity contribution in [3.63, 3.8) is 0 Å². The van der Waals surface area contributed by atoms with Crippen LogP contribution in [0.25, 0.3) is 10.6 Å². The van der Waals surface area contributed by atoms with E-state index in [9.17, 15) is 0 Å². The third kappa shape index (κ3) is 2.06. The molecule has 90 valence electrons. The van der Waals surface area contributed by atoms with Crippen molar-refractivity contribution in [1.29, 1.82) is 0 Å². The summed E-state index contributed by atoms with van der Waals surface area (Å²) in [7, 11) is 0. The zero-order chi connectivity index (χ0) is 12.6. The summed E-state index contributed by atoms with van der Waals surface area (Å²) in [4.78, 5) is 4.49. The number of hydrogen-bond donors (Lipinski definition) is 2. The molecule has 1 heterocycles. The third-order valence-corrected chi connectivity index (χ3v) is 4.09. The predicted molar refractivity (Wildman–Crippen MR) is 74.3 cm³/mol. The molecule has 0 aliphatic rings. The van der Waals surface area contributed by atoms with Gasteiger partial charge < -0.3 is 5.43 Å². The molecule has 0 saturated carbocycles. The zero-order valence-electron chi connectivity index (χ0n) is 10.6. The van der Waals surface area contributed by atoms with Crippen molar-refractivity contribution in [2.45, 2.75) is 27.7 Å². The molecule has 0 amide bonds. The number of aryl methyl sites for hydroxylation is 2. The molecule has 2 aromatic rings. The number of nitrogens with one attached hydrogen (secondary N) is 1. The molecule has 0 unspecified atom stereocenters. The molecule has 1 aromatic heterocycles. The average Bonchev–Trinajstić information content (AvgIpc) is 2.75. The molecule has 0 aliphatic heterocycles. The van der Waals surface area contributed by atoms with E-state index in [1.54, 1.807) is 11.3 Å². The highest BCUT2D eigenvalue weighted by Crippen LogP contribution is 2.34. The zero-order valence-corrected chi connectivity index (χ0v) is 11.4. The summed E-state index contributed by atoms with van der Waals surface area (Å²) >= 11 is 1.62. The lowest BCUT2D eigenvalue weighted by Gasteiger charge is -2.13. The number of aromatic nitrogens is 1. The van der Waals surface area contributed by atoms with Crippen LogP contribution in [-0.4, -0.2) is 4.98 Å². The number of nitrogen functional groups attached to an aromatic ring is 1. The van der Waals surface area contributed by atoms with Crippen molar-refractivity contribution in [2.24, 2.45) is 5.84 Å². The number of hydrazine groups is 1. The van der Waals surface area contributed by atoms with Gasteiger partial charge in [-0.2, -0.15) is 0 Å². The molecule has 0 saturated heterocycles. The highest BCUT2D eigenvalue weighted by molar-refractivity contribution is 7.13. The van der Waals surface area contributed by atoms with Crippen LogP contribution in [0, 0.1) is 27.7 Å². The van der Waals surface area contributed by atoms with Crippen LogP contribution in [-0.2, 0) is 0 Å². The summed E-state index contributed by atoms with van der Waals surface area (Å²) in [6, 6.07) is 2.23. The molecule has 17 heavy (non-hydrogen) atoms. The number of thiazole rings is 1.